The SMILES string of the molecule is COc1cccc(CNC(=O)NCCC(C)C)c1. The van der Waals surface area contributed by atoms with Crippen molar-refractivity contribution in [2.24, 2.45) is 5.92 Å². The van der Waals surface area contributed by atoms with Gasteiger partial charge in [-0.15, -0.1) is 0 Å². The second kappa shape index (κ2) is 7.58. The van der Waals surface area contributed by atoms with E-state index in [1.54, 1.807) is 7.11 Å². The van der Waals surface area contributed by atoms with Crippen LogP contribution < -0.4 is 15.4 Å². The van der Waals surface area contributed by atoms with Crippen LogP contribution in [-0.2, 0) is 6.54 Å². The van der Waals surface area contributed by atoms with Gasteiger partial charge in [-0.05, 0) is 30.0 Å². The average Bonchev–Trinajstić information content (AvgIpc) is 2.36. The van der Waals surface area contributed by atoms with Gasteiger partial charge in [0.05, 0.1) is 7.11 Å². The molecule has 1 rings (SSSR count). The predicted molar refractivity (Wildman–Crippen MR) is 72.7 cm³/mol. The topological polar surface area (TPSA) is 50.4 Å². The number of ether oxygens (including phenoxy) is 1. The molecular formula is C14H22N2O2. The molecule has 0 fully saturated rings. The molecule has 2 amide bonds. The number of amides is 2. The van der Waals surface area contributed by atoms with E-state index in [1.165, 1.54) is 0 Å². The molecule has 0 radical (unpaired) electrons. The summed E-state index contributed by atoms with van der Waals surface area (Å²) in [6.07, 6.45) is 0.993. The Kier molecular flexibility index (Phi) is 6.05. The summed E-state index contributed by atoms with van der Waals surface area (Å²) < 4.78 is 5.12. The molecule has 1 aromatic carbocycles. The Balaban J connectivity index is 2.29. The molecule has 0 bridgehead atoms. The Morgan fingerprint density at radius 3 is 2.78 bits per heavy atom. The fraction of sp³-hybridized carbons (Fsp3) is 0.500. The minimum Gasteiger partial charge on any atom is -0.497 e. The largest absolute Gasteiger partial charge is 0.497 e. The maximum absolute atomic E-state index is 11.5. The predicted octanol–water partition coefficient (Wildman–Crippen LogP) is 2.54. The van der Waals surface area contributed by atoms with Gasteiger partial charge in [0.15, 0.2) is 0 Å². The van der Waals surface area contributed by atoms with Gasteiger partial charge < -0.3 is 15.4 Å². The van der Waals surface area contributed by atoms with E-state index in [0.29, 0.717) is 19.0 Å². The van der Waals surface area contributed by atoms with Crippen LogP contribution in [0.1, 0.15) is 25.8 Å². The van der Waals surface area contributed by atoms with E-state index in [0.717, 1.165) is 17.7 Å². The fourth-order valence-corrected chi connectivity index (χ4v) is 1.50. The summed E-state index contributed by atoms with van der Waals surface area (Å²) >= 11 is 0. The van der Waals surface area contributed by atoms with Gasteiger partial charge >= 0.3 is 6.03 Å². The third-order valence-corrected chi connectivity index (χ3v) is 2.59. The van der Waals surface area contributed by atoms with Crippen LogP contribution in [0.4, 0.5) is 4.79 Å². The van der Waals surface area contributed by atoms with Crippen LogP contribution >= 0.6 is 0 Å². The van der Waals surface area contributed by atoms with E-state index >= 15 is 0 Å². The number of carbonyl (C=O) groups excluding carboxylic acids is 1. The molecule has 2 N–H and O–H groups in total. The van der Waals surface area contributed by atoms with Gasteiger partial charge in [-0.1, -0.05) is 26.0 Å². The van der Waals surface area contributed by atoms with E-state index in [4.69, 9.17) is 4.74 Å². The van der Waals surface area contributed by atoms with Crippen molar-refractivity contribution in [3.63, 3.8) is 0 Å². The molecule has 4 heteroatoms. The molecule has 0 atom stereocenters. The highest BCUT2D eigenvalue weighted by Gasteiger charge is 2.01. The van der Waals surface area contributed by atoms with Crippen molar-refractivity contribution in [3.8, 4) is 5.75 Å². The first-order valence-electron chi connectivity index (χ1n) is 6.26. The highest BCUT2D eigenvalue weighted by molar-refractivity contribution is 5.73. The number of rotatable bonds is 6. The van der Waals surface area contributed by atoms with Crippen LogP contribution in [0.3, 0.4) is 0 Å². The minimum absolute atomic E-state index is 0.126. The van der Waals surface area contributed by atoms with Crippen molar-refractivity contribution < 1.29 is 9.53 Å². The number of hydrogen-bond acceptors (Lipinski definition) is 2. The van der Waals surface area contributed by atoms with Crippen LogP contribution in [0.5, 0.6) is 5.75 Å². The smallest absolute Gasteiger partial charge is 0.315 e. The van der Waals surface area contributed by atoms with Crippen molar-refractivity contribution in [1.82, 2.24) is 10.6 Å². The Hall–Kier alpha value is -1.71. The first-order valence-corrected chi connectivity index (χ1v) is 6.26. The standard InChI is InChI=1S/C14H22N2O2/c1-11(2)7-8-15-14(17)16-10-12-5-4-6-13(9-12)18-3/h4-6,9,11H,7-8,10H2,1-3H3,(H2,15,16,17). The van der Waals surface area contributed by atoms with Crippen molar-refractivity contribution in [3.05, 3.63) is 29.8 Å². The van der Waals surface area contributed by atoms with Gasteiger partial charge in [0.1, 0.15) is 5.75 Å². The number of nitrogens with one attached hydrogen (secondary N) is 2. The minimum atomic E-state index is -0.126. The summed E-state index contributed by atoms with van der Waals surface area (Å²) in [5.41, 5.74) is 1.02. The number of methoxy groups -OCH3 is 1. The maximum Gasteiger partial charge on any atom is 0.315 e. The highest BCUT2D eigenvalue weighted by atomic mass is 16.5. The zero-order valence-electron chi connectivity index (χ0n) is 11.3. The van der Waals surface area contributed by atoms with Crippen molar-refractivity contribution in [1.29, 1.82) is 0 Å². The molecule has 4 nitrogen and oxygen atoms in total. The summed E-state index contributed by atoms with van der Waals surface area (Å²) in [6.45, 7) is 5.48. The Labute approximate surface area is 109 Å². The van der Waals surface area contributed by atoms with E-state index in [-0.39, 0.29) is 6.03 Å². The molecule has 0 aromatic heterocycles. The van der Waals surface area contributed by atoms with Gasteiger partial charge in [0.25, 0.3) is 0 Å². The molecule has 0 aliphatic rings. The quantitative estimate of drug-likeness (QED) is 0.815. The first kappa shape index (κ1) is 14.4. The molecule has 0 unspecified atom stereocenters. The zero-order chi connectivity index (χ0) is 13.4. The summed E-state index contributed by atoms with van der Waals surface area (Å²) in [7, 11) is 1.63. The number of urea groups is 1. The first-order chi connectivity index (χ1) is 8.61. The molecule has 1 aromatic rings. The Bertz CT molecular complexity index is 378. The van der Waals surface area contributed by atoms with E-state index in [9.17, 15) is 4.79 Å². The Morgan fingerprint density at radius 1 is 1.33 bits per heavy atom. The summed E-state index contributed by atoms with van der Waals surface area (Å²) in [5, 5.41) is 5.65. The third-order valence-electron chi connectivity index (χ3n) is 2.59. The average molecular weight is 250 g/mol. The Morgan fingerprint density at radius 2 is 2.11 bits per heavy atom. The normalized spacial score (nSPS) is 10.2. The monoisotopic (exact) mass is 250 g/mol. The molecule has 18 heavy (non-hydrogen) atoms. The van der Waals surface area contributed by atoms with Crippen LogP contribution in [0.25, 0.3) is 0 Å². The lowest BCUT2D eigenvalue weighted by molar-refractivity contribution is 0.240. The zero-order valence-corrected chi connectivity index (χ0v) is 11.3. The molecule has 0 saturated carbocycles. The fourth-order valence-electron chi connectivity index (χ4n) is 1.50. The lowest BCUT2D eigenvalue weighted by Crippen LogP contribution is -2.35. The van der Waals surface area contributed by atoms with E-state index < -0.39 is 0 Å². The molecular weight excluding hydrogens is 228 g/mol. The molecule has 0 saturated heterocycles. The van der Waals surface area contributed by atoms with E-state index in [2.05, 4.69) is 24.5 Å². The van der Waals surface area contributed by atoms with Crippen molar-refractivity contribution >= 4 is 6.03 Å². The number of hydrogen-bond donors (Lipinski definition) is 2. The van der Waals surface area contributed by atoms with Gasteiger partial charge in [-0.25, -0.2) is 4.79 Å². The number of benzene rings is 1. The maximum atomic E-state index is 11.5. The molecule has 0 aliphatic carbocycles. The van der Waals surface area contributed by atoms with Crippen LogP contribution in [0.2, 0.25) is 0 Å². The van der Waals surface area contributed by atoms with Crippen molar-refractivity contribution in [2.45, 2.75) is 26.8 Å². The van der Waals surface area contributed by atoms with Gasteiger partial charge in [0.2, 0.25) is 0 Å². The van der Waals surface area contributed by atoms with Gasteiger partial charge in [-0.3, -0.25) is 0 Å². The molecule has 0 aliphatic heterocycles. The third kappa shape index (κ3) is 5.57. The summed E-state index contributed by atoms with van der Waals surface area (Å²) in [4.78, 5) is 11.5. The van der Waals surface area contributed by atoms with Crippen LogP contribution in [0, 0.1) is 5.92 Å². The second-order valence-electron chi connectivity index (χ2n) is 4.64. The molecule has 0 heterocycles. The van der Waals surface area contributed by atoms with E-state index in [1.807, 2.05) is 24.3 Å². The lowest BCUT2D eigenvalue weighted by atomic mass is 10.1. The number of carbonyl (C=O) groups is 1. The van der Waals surface area contributed by atoms with Crippen molar-refractivity contribution in [2.75, 3.05) is 13.7 Å². The van der Waals surface area contributed by atoms with Crippen LogP contribution in [0.15, 0.2) is 24.3 Å². The van der Waals surface area contributed by atoms with Crippen LogP contribution in [-0.4, -0.2) is 19.7 Å². The second-order valence-corrected chi connectivity index (χ2v) is 4.64. The highest BCUT2D eigenvalue weighted by Crippen LogP contribution is 2.11. The molecule has 100 valence electrons. The van der Waals surface area contributed by atoms with Gasteiger partial charge in [0, 0.05) is 13.1 Å². The summed E-state index contributed by atoms with van der Waals surface area (Å²) in [5.74, 6) is 1.40. The lowest BCUT2D eigenvalue weighted by Gasteiger charge is -2.09. The van der Waals surface area contributed by atoms with Gasteiger partial charge in [-0.2, -0.15) is 0 Å². The summed E-state index contributed by atoms with van der Waals surface area (Å²) in [6, 6.07) is 7.53. The molecule has 0 spiro atoms.